The molecule has 2 saturated carbocycles. The third-order valence-corrected chi connectivity index (χ3v) is 10.7. The highest BCUT2D eigenvalue weighted by atomic mass is 16.9. The van der Waals surface area contributed by atoms with Crippen molar-refractivity contribution in [3.63, 3.8) is 0 Å². The summed E-state index contributed by atoms with van der Waals surface area (Å²) in [6.07, 6.45) is -2.01. The molecule has 1 aromatic carbocycles. The number of fused-ring (bicyclic) bond motifs is 3. The Labute approximate surface area is 239 Å². The summed E-state index contributed by atoms with van der Waals surface area (Å²) in [4.78, 5) is 27.0. The topological polar surface area (TPSA) is 124 Å². The molecule has 3 saturated heterocycles. The SMILES string of the molecule is C=C(C)C12OC3(c4ccccc4)OC1C1C4OC4(C)C(O)C4(O)C(=O)C(C)=CC4C1(O3)C(C)C2OC(=O)CC(C)C. The molecule has 9 nitrogen and oxygen atoms in total. The van der Waals surface area contributed by atoms with Crippen LogP contribution in [-0.2, 0) is 39.2 Å². The van der Waals surface area contributed by atoms with Crippen molar-refractivity contribution in [2.24, 2.45) is 23.7 Å². The molecule has 2 N–H and O–H groups in total. The molecule has 0 amide bonds. The number of ether oxygens (including phenoxy) is 5. The van der Waals surface area contributed by atoms with E-state index in [1.165, 1.54) is 0 Å². The Balaban J connectivity index is 1.52. The van der Waals surface area contributed by atoms with Crippen molar-refractivity contribution in [1.82, 2.24) is 0 Å². The molecule has 0 spiro atoms. The highest BCUT2D eigenvalue weighted by molar-refractivity contribution is 6.05. The Morgan fingerprint density at radius 1 is 1.15 bits per heavy atom. The Morgan fingerprint density at radius 3 is 2.46 bits per heavy atom. The van der Waals surface area contributed by atoms with E-state index >= 15 is 0 Å². The number of benzene rings is 1. The number of aliphatic hydroxyl groups is 2. The van der Waals surface area contributed by atoms with Crippen LogP contribution < -0.4 is 0 Å². The van der Waals surface area contributed by atoms with Gasteiger partial charge < -0.3 is 33.9 Å². The summed E-state index contributed by atoms with van der Waals surface area (Å²) in [5.74, 6) is -4.94. The number of aliphatic hydroxyl groups excluding tert-OH is 1. The van der Waals surface area contributed by atoms with Gasteiger partial charge in [0.2, 0.25) is 0 Å². The van der Waals surface area contributed by atoms with E-state index in [2.05, 4.69) is 6.58 Å². The predicted molar refractivity (Wildman–Crippen MR) is 144 cm³/mol. The van der Waals surface area contributed by atoms with Crippen molar-refractivity contribution >= 4 is 11.8 Å². The maximum Gasteiger partial charge on any atom is 0.314 e. The summed E-state index contributed by atoms with van der Waals surface area (Å²) in [5, 5.41) is 24.0. The first-order valence-electron chi connectivity index (χ1n) is 14.5. The molecule has 0 radical (unpaired) electrons. The monoisotopic (exact) mass is 566 g/mol. The van der Waals surface area contributed by atoms with Crippen LogP contribution in [0, 0.1) is 23.7 Å². The smallest absolute Gasteiger partial charge is 0.314 e. The average molecular weight is 567 g/mol. The van der Waals surface area contributed by atoms with Crippen LogP contribution in [0.5, 0.6) is 0 Å². The second-order valence-corrected chi connectivity index (χ2v) is 13.5. The lowest BCUT2D eigenvalue weighted by molar-refractivity contribution is -0.440. The van der Waals surface area contributed by atoms with Crippen LogP contribution in [0.4, 0.5) is 0 Å². The number of epoxide rings is 1. The molecule has 1 aromatic rings. The van der Waals surface area contributed by atoms with Gasteiger partial charge in [-0.25, -0.2) is 0 Å². The van der Waals surface area contributed by atoms with Crippen molar-refractivity contribution in [1.29, 1.82) is 0 Å². The van der Waals surface area contributed by atoms with E-state index in [0.717, 1.165) is 0 Å². The van der Waals surface area contributed by atoms with E-state index in [-0.39, 0.29) is 12.3 Å². The zero-order valence-electron chi connectivity index (χ0n) is 24.2. The van der Waals surface area contributed by atoms with Crippen LogP contribution in [0.3, 0.4) is 0 Å². The molecule has 7 rings (SSSR count). The molecule has 3 heterocycles. The third kappa shape index (κ3) is 3.02. The number of rotatable bonds is 5. The lowest BCUT2D eigenvalue weighted by Crippen LogP contribution is -2.76. The minimum absolute atomic E-state index is 0.0574. The molecule has 3 bridgehead atoms. The van der Waals surface area contributed by atoms with E-state index in [1.807, 2.05) is 58.0 Å². The van der Waals surface area contributed by atoms with Gasteiger partial charge in [0.25, 0.3) is 0 Å². The summed E-state index contributed by atoms with van der Waals surface area (Å²) in [5.41, 5.74) is -4.73. The van der Waals surface area contributed by atoms with Crippen LogP contribution in [0.1, 0.15) is 53.5 Å². The molecule has 3 aliphatic heterocycles. The van der Waals surface area contributed by atoms with Gasteiger partial charge in [-0.05, 0) is 37.8 Å². The summed E-state index contributed by atoms with van der Waals surface area (Å²) >= 11 is 0. The summed E-state index contributed by atoms with van der Waals surface area (Å²) in [7, 11) is 0. The molecule has 6 aliphatic rings. The van der Waals surface area contributed by atoms with Crippen molar-refractivity contribution in [3.8, 4) is 0 Å². The molecule has 220 valence electrons. The number of hydrogen-bond acceptors (Lipinski definition) is 9. The molecular formula is C32H38O9. The number of Topliss-reactive ketones (excluding diaryl/α,β-unsaturated/α-hetero) is 1. The van der Waals surface area contributed by atoms with E-state index < -0.39 is 82.3 Å². The third-order valence-electron chi connectivity index (χ3n) is 10.7. The van der Waals surface area contributed by atoms with Crippen molar-refractivity contribution in [2.45, 2.75) is 101 Å². The Hall–Kier alpha value is -2.40. The molecule has 41 heavy (non-hydrogen) atoms. The van der Waals surface area contributed by atoms with Gasteiger partial charge in [-0.2, -0.15) is 0 Å². The van der Waals surface area contributed by atoms with Gasteiger partial charge in [-0.3, -0.25) is 9.59 Å². The molecule has 12 unspecified atom stereocenters. The molecule has 12 atom stereocenters. The summed E-state index contributed by atoms with van der Waals surface area (Å²) in [6, 6.07) is 9.20. The predicted octanol–water partition coefficient (Wildman–Crippen LogP) is 2.93. The Kier molecular flexibility index (Phi) is 5.46. The molecular weight excluding hydrogens is 528 g/mol. The maximum atomic E-state index is 13.7. The second-order valence-electron chi connectivity index (χ2n) is 13.5. The number of carbonyl (C=O) groups excluding carboxylic acids is 2. The van der Waals surface area contributed by atoms with Crippen LogP contribution in [0.25, 0.3) is 0 Å². The van der Waals surface area contributed by atoms with Crippen molar-refractivity contribution in [2.75, 3.05) is 0 Å². The number of esters is 1. The van der Waals surface area contributed by atoms with Gasteiger partial charge >= 0.3 is 11.9 Å². The fraction of sp³-hybridized carbons (Fsp3) is 0.625. The van der Waals surface area contributed by atoms with Gasteiger partial charge in [0.15, 0.2) is 17.0 Å². The van der Waals surface area contributed by atoms with Gasteiger partial charge in [0.1, 0.15) is 23.9 Å². The fourth-order valence-corrected chi connectivity index (χ4v) is 8.77. The Bertz CT molecular complexity index is 1390. The van der Waals surface area contributed by atoms with Crippen LogP contribution >= 0.6 is 0 Å². The lowest BCUT2D eigenvalue weighted by Gasteiger charge is -2.61. The van der Waals surface area contributed by atoms with Gasteiger partial charge in [-0.1, -0.05) is 63.8 Å². The van der Waals surface area contributed by atoms with Gasteiger partial charge in [-0.15, -0.1) is 0 Å². The molecule has 9 heteroatoms. The average Bonchev–Trinajstić information content (AvgIpc) is 3.46. The quantitative estimate of drug-likeness (QED) is 0.315. The van der Waals surface area contributed by atoms with E-state index in [4.69, 9.17) is 23.7 Å². The van der Waals surface area contributed by atoms with Gasteiger partial charge in [0.05, 0.1) is 11.7 Å². The zero-order valence-corrected chi connectivity index (χ0v) is 24.2. The number of ketones is 1. The van der Waals surface area contributed by atoms with Gasteiger partial charge in [0, 0.05) is 29.7 Å². The van der Waals surface area contributed by atoms with E-state index in [9.17, 15) is 19.8 Å². The van der Waals surface area contributed by atoms with Crippen LogP contribution in [0.2, 0.25) is 0 Å². The first-order valence-corrected chi connectivity index (χ1v) is 14.5. The van der Waals surface area contributed by atoms with E-state index in [0.29, 0.717) is 16.7 Å². The molecule has 0 aromatic heterocycles. The molecule has 3 aliphatic carbocycles. The first kappa shape index (κ1) is 27.4. The number of hydrogen-bond donors (Lipinski definition) is 2. The minimum atomic E-state index is -2.24. The Morgan fingerprint density at radius 2 is 1.83 bits per heavy atom. The maximum absolute atomic E-state index is 13.7. The molecule has 5 fully saturated rings. The van der Waals surface area contributed by atoms with Crippen LogP contribution in [-0.4, -0.2) is 68.8 Å². The lowest BCUT2D eigenvalue weighted by atomic mass is 9.53. The van der Waals surface area contributed by atoms with Crippen LogP contribution in [0.15, 0.2) is 54.1 Å². The second kappa shape index (κ2) is 8.15. The van der Waals surface area contributed by atoms with E-state index in [1.54, 1.807) is 19.9 Å². The normalized spacial score (nSPS) is 50.5. The number of carbonyl (C=O) groups is 2. The first-order chi connectivity index (χ1) is 19.2. The zero-order chi connectivity index (χ0) is 29.5. The highest BCUT2D eigenvalue weighted by Gasteiger charge is 2.90. The summed E-state index contributed by atoms with van der Waals surface area (Å²) < 4.78 is 33.4. The minimum Gasteiger partial charge on any atom is -0.458 e. The highest BCUT2D eigenvalue weighted by Crippen LogP contribution is 2.74. The summed E-state index contributed by atoms with van der Waals surface area (Å²) in [6.45, 7) is 15.2. The van der Waals surface area contributed by atoms with Crippen molar-refractivity contribution in [3.05, 3.63) is 59.7 Å². The largest absolute Gasteiger partial charge is 0.458 e. The van der Waals surface area contributed by atoms with Crippen molar-refractivity contribution < 1.29 is 43.5 Å². The fourth-order valence-electron chi connectivity index (χ4n) is 8.77. The standard InChI is InChI=1S/C32H38O9/c1-15(2)13-21(33)37-24-18(6)31-20-14-17(5)23(34)29(20,36)27(35)28(7)25(38-28)22(31)26-30(24,16(3)4)40-32(39-26,41-31)19-11-9-8-10-12-19/h8-12,14-15,18,20,22,24-27,35-36H,3,13H2,1-2,4-7H3.